The zero-order valence-corrected chi connectivity index (χ0v) is 15.5. The summed E-state index contributed by atoms with van der Waals surface area (Å²) in [5.41, 5.74) is 1.44. The van der Waals surface area contributed by atoms with E-state index in [9.17, 15) is 9.59 Å². The summed E-state index contributed by atoms with van der Waals surface area (Å²) in [6.45, 7) is 3.55. The highest BCUT2D eigenvalue weighted by Crippen LogP contribution is 2.23. The molecule has 1 amide bonds. The van der Waals surface area contributed by atoms with Crippen LogP contribution in [-0.2, 0) is 9.53 Å². The van der Waals surface area contributed by atoms with Gasteiger partial charge in [0.05, 0.1) is 12.5 Å². The smallest absolute Gasteiger partial charge is 0.348 e. The van der Waals surface area contributed by atoms with E-state index in [1.54, 1.807) is 24.3 Å². The molecule has 0 saturated heterocycles. The Kier molecular flexibility index (Phi) is 6.57. The Hall–Kier alpha value is -2.36. The van der Waals surface area contributed by atoms with Crippen molar-refractivity contribution in [2.24, 2.45) is 0 Å². The van der Waals surface area contributed by atoms with E-state index in [0.29, 0.717) is 15.6 Å². The van der Waals surface area contributed by atoms with Gasteiger partial charge in [-0.15, -0.1) is 11.3 Å². The minimum atomic E-state index is -0.529. The summed E-state index contributed by atoms with van der Waals surface area (Å²) in [5.74, 6) is -0.919. The van der Waals surface area contributed by atoms with Crippen molar-refractivity contribution >= 4 is 40.5 Å². The van der Waals surface area contributed by atoms with Gasteiger partial charge in [-0.05, 0) is 49.7 Å². The number of ether oxygens (including phenoxy) is 1. The molecule has 25 heavy (non-hydrogen) atoms. The molecule has 0 spiro atoms. The van der Waals surface area contributed by atoms with Crippen LogP contribution in [0.15, 0.2) is 30.3 Å². The molecule has 0 radical (unpaired) electrons. The van der Waals surface area contributed by atoms with Gasteiger partial charge in [-0.25, -0.2) is 4.79 Å². The van der Waals surface area contributed by atoms with Crippen LogP contribution >= 0.6 is 22.9 Å². The number of hydrogen-bond acceptors (Lipinski definition) is 5. The zero-order chi connectivity index (χ0) is 18.4. The van der Waals surface area contributed by atoms with Crippen LogP contribution in [0.3, 0.4) is 0 Å². The van der Waals surface area contributed by atoms with E-state index in [4.69, 9.17) is 21.6 Å². The van der Waals surface area contributed by atoms with Crippen LogP contribution < -0.4 is 4.90 Å². The summed E-state index contributed by atoms with van der Waals surface area (Å²) < 4.78 is 5.11. The molecule has 2 aromatic rings. The van der Waals surface area contributed by atoms with Crippen molar-refractivity contribution < 1.29 is 14.3 Å². The normalized spacial score (nSPS) is 10.2. The van der Waals surface area contributed by atoms with Gasteiger partial charge < -0.3 is 9.64 Å². The number of hydrogen-bond donors (Lipinski definition) is 0. The van der Waals surface area contributed by atoms with Crippen LogP contribution in [0.25, 0.3) is 0 Å². The van der Waals surface area contributed by atoms with Crippen molar-refractivity contribution in [3.8, 4) is 6.07 Å². The maximum Gasteiger partial charge on any atom is 0.348 e. The first-order chi connectivity index (χ1) is 11.9. The minimum absolute atomic E-state index is 0.172. The highest BCUT2D eigenvalue weighted by atomic mass is 35.5. The third-order valence-corrected chi connectivity index (χ3v) is 4.87. The summed E-state index contributed by atoms with van der Waals surface area (Å²) in [6.07, 6.45) is 0.172. The number of rotatable bonds is 6. The largest absolute Gasteiger partial charge is 0.451 e. The number of carbonyl (C=O) groups excluding carboxylic acids is 2. The predicted octanol–water partition coefficient (Wildman–Crippen LogP) is 4.12. The Morgan fingerprint density at radius 3 is 2.64 bits per heavy atom. The molecule has 7 heteroatoms. The van der Waals surface area contributed by atoms with E-state index in [-0.39, 0.29) is 19.6 Å². The molecule has 130 valence electrons. The van der Waals surface area contributed by atoms with E-state index in [1.165, 1.54) is 16.2 Å². The van der Waals surface area contributed by atoms with Crippen molar-refractivity contribution in [1.29, 1.82) is 5.26 Å². The summed E-state index contributed by atoms with van der Waals surface area (Å²) >= 11 is 7.33. The first kappa shape index (κ1) is 19.0. The topological polar surface area (TPSA) is 70.4 Å². The third kappa shape index (κ3) is 5.05. The van der Waals surface area contributed by atoms with Gasteiger partial charge in [0.1, 0.15) is 4.88 Å². The van der Waals surface area contributed by atoms with E-state index >= 15 is 0 Å². The molecule has 0 fully saturated rings. The van der Waals surface area contributed by atoms with Crippen molar-refractivity contribution in [2.45, 2.75) is 20.3 Å². The second-order valence-electron chi connectivity index (χ2n) is 5.37. The van der Waals surface area contributed by atoms with Gasteiger partial charge in [0.15, 0.2) is 6.61 Å². The molecule has 1 aromatic carbocycles. The molecule has 2 rings (SSSR count). The second kappa shape index (κ2) is 8.65. The Morgan fingerprint density at radius 1 is 1.28 bits per heavy atom. The zero-order valence-electron chi connectivity index (χ0n) is 13.9. The maximum absolute atomic E-state index is 12.5. The number of nitriles is 1. The standard InChI is InChI=1S/C18H17ClN2O3S/c1-12-10-14(5-6-15(12)19)21(9-3-8-20)17(22)11-24-18(23)16-7-4-13(2)25-16/h4-7,10H,3,9,11H2,1-2H3. The van der Waals surface area contributed by atoms with Crippen LogP contribution in [0.4, 0.5) is 5.69 Å². The van der Waals surface area contributed by atoms with Crippen molar-refractivity contribution in [3.63, 3.8) is 0 Å². The molecule has 5 nitrogen and oxygen atoms in total. The van der Waals surface area contributed by atoms with Gasteiger partial charge in [0.25, 0.3) is 5.91 Å². The molecule has 0 aliphatic carbocycles. The fourth-order valence-electron chi connectivity index (χ4n) is 2.18. The third-order valence-electron chi connectivity index (χ3n) is 3.47. The number of thiophene rings is 1. The molecule has 0 unspecified atom stereocenters. The van der Waals surface area contributed by atoms with Gasteiger partial charge in [-0.3, -0.25) is 4.79 Å². The number of anilines is 1. The van der Waals surface area contributed by atoms with Gasteiger partial charge in [-0.1, -0.05) is 11.6 Å². The quantitative estimate of drug-likeness (QED) is 0.711. The van der Waals surface area contributed by atoms with Crippen molar-refractivity contribution in [1.82, 2.24) is 0 Å². The Morgan fingerprint density at radius 2 is 2.04 bits per heavy atom. The lowest BCUT2D eigenvalue weighted by molar-refractivity contribution is -0.121. The van der Waals surface area contributed by atoms with Crippen molar-refractivity contribution in [2.75, 3.05) is 18.1 Å². The van der Waals surface area contributed by atoms with Gasteiger partial charge >= 0.3 is 5.97 Å². The molecule has 0 atom stereocenters. The van der Waals surface area contributed by atoms with E-state index in [1.807, 2.05) is 26.0 Å². The van der Waals surface area contributed by atoms with E-state index in [2.05, 4.69) is 0 Å². The molecule has 0 saturated carbocycles. The average Bonchev–Trinajstić information content (AvgIpc) is 3.02. The number of nitrogens with zero attached hydrogens (tertiary/aromatic N) is 2. The first-order valence-electron chi connectivity index (χ1n) is 7.59. The lowest BCUT2D eigenvalue weighted by atomic mass is 10.2. The molecular weight excluding hydrogens is 360 g/mol. The number of aryl methyl sites for hydroxylation is 2. The molecule has 0 bridgehead atoms. The number of carbonyl (C=O) groups is 2. The lowest BCUT2D eigenvalue weighted by Gasteiger charge is -2.22. The second-order valence-corrected chi connectivity index (χ2v) is 7.07. The van der Waals surface area contributed by atoms with Crippen LogP contribution in [-0.4, -0.2) is 25.0 Å². The summed E-state index contributed by atoms with van der Waals surface area (Å²) in [4.78, 5) is 27.4. The Balaban J connectivity index is 2.08. The lowest BCUT2D eigenvalue weighted by Crippen LogP contribution is -2.35. The molecular formula is C18H17ClN2O3S. The van der Waals surface area contributed by atoms with Crippen LogP contribution in [0.5, 0.6) is 0 Å². The predicted molar refractivity (Wildman–Crippen MR) is 98.1 cm³/mol. The van der Waals surface area contributed by atoms with Crippen LogP contribution in [0.2, 0.25) is 5.02 Å². The van der Waals surface area contributed by atoms with Crippen molar-refractivity contribution in [3.05, 3.63) is 50.7 Å². The molecule has 0 aliphatic heterocycles. The number of esters is 1. The highest BCUT2D eigenvalue weighted by molar-refractivity contribution is 7.13. The average molecular weight is 377 g/mol. The van der Waals surface area contributed by atoms with E-state index in [0.717, 1.165) is 10.4 Å². The highest BCUT2D eigenvalue weighted by Gasteiger charge is 2.19. The summed E-state index contributed by atoms with van der Waals surface area (Å²) in [5, 5.41) is 9.41. The van der Waals surface area contributed by atoms with Crippen LogP contribution in [0.1, 0.15) is 26.5 Å². The van der Waals surface area contributed by atoms with Gasteiger partial charge in [0, 0.05) is 22.1 Å². The fraction of sp³-hybridized carbons (Fsp3) is 0.278. The van der Waals surface area contributed by atoms with Gasteiger partial charge in [0.2, 0.25) is 0 Å². The molecule has 1 heterocycles. The van der Waals surface area contributed by atoms with Gasteiger partial charge in [-0.2, -0.15) is 5.26 Å². The molecule has 0 aliphatic rings. The minimum Gasteiger partial charge on any atom is -0.451 e. The van der Waals surface area contributed by atoms with Crippen LogP contribution in [0, 0.1) is 25.2 Å². The number of benzene rings is 1. The van der Waals surface area contributed by atoms with E-state index < -0.39 is 11.9 Å². The first-order valence-corrected chi connectivity index (χ1v) is 8.79. The molecule has 1 aromatic heterocycles. The maximum atomic E-state index is 12.5. The Labute approximate surface area is 155 Å². The Bertz CT molecular complexity index is 826. The SMILES string of the molecule is Cc1ccc(C(=O)OCC(=O)N(CCC#N)c2ccc(Cl)c(C)c2)s1. The monoisotopic (exact) mass is 376 g/mol. The number of halogens is 1. The molecule has 0 N–H and O–H groups in total. The number of amides is 1. The summed E-state index contributed by atoms with van der Waals surface area (Å²) in [6, 6.07) is 10.7. The summed E-state index contributed by atoms with van der Waals surface area (Å²) in [7, 11) is 0. The fourth-order valence-corrected chi connectivity index (χ4v) is 3.06.